The summed E-state index contributed by atoms with van der Waals surface area (Å²) in [5.41, 5.74) is 2.00. The van der Waals surface area contributed by atoms with Gasteiger partial charge in [0, 0.05) is 16.8 Å². The van der Waals surface area contributed by atoms with Gasteiger partial charge in [-0.3, -0.25) is 14.4 Å². The van der Waals surface area contributed by atoms with E-state index in [0.29, 0.717) is 28.9 Å². The Morgan fingerprint density at radius 3 is 2.17 bits per heavy atom. The normalized spacial score (nSPS) is 10.2. The van der Waals surface area contributed by atoms with Gasteiger partial charge in [-0.15, -0.1) is 0 Å². The maximum atomic E-state index is 12.1. The zero-order chi connectivity index (χ0) is 20.8. The molecule has 0 saturated heterocycles. The highest BCUT2D eigenvalue weighted by molar-refractivity contribution is 5.97. The second kappa shape index (κ2) is 8.79. The number of carbonyl (C=O) groups excluding carboxylic acids is 4. The molecule has 1 aromatic heterocycles. The van der Waals surface area contributed by atoms with Crippen molar-refractivity contribution in [2.45, 2.75) is 6.92 Å². The van der Waals surface area contributed by atoms with Gasteiger partial charge in [-0.05, 0) is 55.5 Å². The first-order chi connectivity index (χ1) is 14.0. The molecule has 0 radical (unpaired) electrons. The predicted octanol–water partition coefficient (Wildman–Crippen LogP) is 3.76. The van der Waals surface area contributed by atoms with Crippen LogP contribution in [0.1, 0.15) is 38.2 Å². The SMILES string of the molecule is CC(=O)c1ccc(NC(=O)COC(=O)c2ccc(-c3ccc(C=O)o3)cc2)cc1. The van der Waals surface area contributed by atoms with Crippen LogP contribution in [0.4, 0.5) is 5.69 Å². The molecule has 29 heavy (non-hydrogen) atoms. The zero-order valence-corrected chi connectivity index (χ0v) is 15.5. The highest BCUT2D eigenvalue weighted by Crippen LogP contribution is 2.22. The first kappa shape index (κ1) is 19.8. The molecule has 0 unspecified atom stereocenters. The van der Waals surface area contributed by atoms with Crippen LogP contribution in [0.25, 0.3) is 11.3 Å². The van der Waals surface area contributed by atoms with Crippen molar-refractivity contribution in [1.29, 1.82) is 0 Å². The summed E-state index contributed by atoms with van der Waals surface area (Å²) < 4.78 is 10.3. The summed E-state index contributed by atoms with van der Waals surface area (Å²) in [7, 11) is 0. The van der Waals surface area contributed by atoms with Crippen LogP contribution >= 0.6 is 0 Å². The standard InChI is InChI=1S/C22H17NO6/c1-14(25)15-6-8-18(9-7-15)23-21(26)13-28-22(27)17-4-2-16(3-5-17)20-11-10-19(12-24)29-20/h2-12H,13H2,1H3,(H,23,26). The number of nitrogens with one attached hydrogen (secondary N) is 1. The molecule has 146 valence electrons. The van der Waals surface area contributed by atoms with Gasteiger partial charge in [-0.25, -0.2) is 4.79 Å². The Hall–Kier alpha value is -4.00. The highest BCUT2D eigenvalue weighted by atomic mass is 16.5. The zero-order valence-electron chi connectivity index (χ0n) is 15.5. The van der Waals surface area contributed by atoms with E-state index in [1.165, 1.54) is 6.92 Å². The number of ether oxygens (including phenoxy) is 1. The predicted molar refractivity (Wildman–Crippen MR) is 105 cm³/mol. The fourth-order valence-electron chi connectivity index (χ4n) is 2.54. The molecule has 0 aliphatic rings. The summed E-state index contributed by atoms with van der Waals surface area (Å²) in [6, 6.07) is 16.0. The minimum Gasteiger partial charge on any atom is -0.453 e. The van der Waals surface area contributed by atoms with Crippen molar-refractivity contribution in [1.82, 2.24) is 0 Å². The third-order valence-electron chi connectivity index (χ3n) is 4.06. The molecular formula is C22H17NO6. The molecule has 7 heteroatoms. The van der Waals surface area contributed by atoms with Crippen LogP contribution in [0.15, 0.2) is 65.1 Å². The molecule has 2 aromatic carbocycles. The van der Waals surface area contributed by atoms with Crippen LogP contribution in [0.5, 0.6) is 0 Å². The lowest BCUT2D eigenvalue weighted by Crippen LogP contribution is -2.20. The lowest BCUT2D eigenvalue weighted by molar-refractivity contribution is -0.119. The number of ketones is 1. The van der Waals surface area contributed by atoms with Crippen LogP contribution < -0.4 is 5.32 Å². The summed E-state index contributed by atoms with van der Waals surface area (Å²) in [4.78, 5) is 46.0. The van der Waals surface area contributed by atoms with Gasteiger partial charge in [0.1, 0.15) is 5.76 Å². The molecule has 0 spiro atoms. The average Bonchev–Trinajstić information content (AvgIpc) is 3.22. The van der Waals surface area contributed by atoms with Crippen LogP contribution in [-0.2, 0) is 9.53 Å². The van der Waals surface area contributed by atoms with Gasteiger partial charge in [-0.2, -0.15) is 0 Å². The van der Waals surface area contributed by atoms with E-state index in [4.69, 9.17) is 9.15 Å². The third kappa shape index (κ3) is 5.04. The van der Waals surface area contributed by atoms with Gasteiger partial charge in [-0.1, -0.05) is 12.1 Å². The number of esters is 1. The quantitative estimate of drug-likeness (QED) is 0.374. The summed E-state index contributed by atoms with van der Waals surface area (Å²) in [6.07, 6.45) is 0.609. The molecule has 7 nitrogen and oxygen atoms in total. The molecule has 1 heterocycles. The van der Waals surface area contributed by atoms with Crippen LogP contribution in [0.3, 0.4) is 0 Å². The minimum atomic E-state index is -0.647. The number of hydrogen-bond acceptors (Lipinski definition) is 6. The average molecular weight is 391 g/mol. The first-order valence-electron chi connectivity index (χ1n) is 8.69. The molecule has 3 aromatic rings. The van der Waals surface area contributed by atoms with Gasteiger partial charge >= 0.3 is 5.97 Å². The van der Waals surface area contributed by atoms with E-state index in [-0.39, 0.29) is 17.1 Å². The van der Waals surface area contributed by atoms with Gasteiger partial charge in [0.05, 0.1) is 5.56 Å². The monoisotopic (exact) mass is 391 g/mol. The van der Waals surface area contributed by atoms with Crippen molar-refractivity contribution >= 4 is 29.6 Å². The largest absolute Gasteiger partial charge is 0.453 e. The Bertz CT molecular complexity index is 1050. The molecule has 0 fully saturated rings. The second-order valence-corrected chi connectivity index (χ2v) is 6.16. The van der Waals surface area contributed by atoms with E-state index in [9.17, 15) is 19.2 Å². The number of carbonyl (C=O) groups is 4. The molecule has 1 N–H and O–H groups in total. The van der Waals surface area contributed by atoms with Crippen molar-refractivity contribution in [2.24, 2.45) is 0 Å². The highest BCUT2D eigenvalue weighted by Gasteiger charge is 2.12. The third-order valence-corrected chi connectivity index (χ3v) is 4.06. The molecule has 1 amide bonds. The van der Waals surface area contributed by atoms with Gasteiger partial charge < -0.3 is 14.5 Å². The number of benzene rings is 2. The van der Waals surface area contributed by atoms with Gasteiger partial charge in [0.15, 0.2) is 24.4 Å². The van der Waals surface area contributed by atoms with Crippen molar-refractivity contribution < 1.29 is 28.3 Å². The number of Topliss-reactive ketones (excluding diaryl/α,β-unsaturated/α-hetero) is 1. The Balaban J connectivity index is 1.53. The van der Waals surface area contributed by atoms with E-state index in [0.717, 1.165) is 0 Å². The summed E-state index contributed by atoms with van der Waals surface area (Å²) in [5, 5.41) is 2.59. The number of aldehydes is 1. The molecule has 0 atom stereocenters. The Morgan fingerprint density at radius 1 is 0.931 bits per heavy atom. The first-order valence-corrected chi connectivity index (χ1v) is 8.69. The van der Waals surface area contributed by atoms with Crippen molar-refractivity contribution in [3.05, 3.63) is 77.6 Å². The molecule has 0 saturated carbocycles. The topological polar surface area (TPSA) is 103 Å². The van der Waals surface area contributed by atoms with E-state index >= 15 is 0 Å². The smallest absolute Gasteiger partial charge is 0.338 e. The summed E-state index contributed by atoms with van der Waals surface area (Å²) in [6.45, 7) is 1.01. The molecule has 3 rings (SSSR count). The molecular weight excluding hydrogens is 374 g/mol. The van der Waals surface area contributed by atoms with E-state index in [2.05, 4.69) is 5.32 Å². The van der Waals surface area contributed by atoms with E-state index in [1.807, 2.05) is 0 Å². The van der Waals surface area contributed by atoms with Crippen LogP contribution in [0, 0.1) is 0 Å². The van der Waals surface area contributed by atoms with Crippen molar-refractivity contribution in [2.75, 3.05) is 11.9 Å². The Morgan fingerprint density at radius 2 is 1.59 bits per heavy atom. The lowest BCUT2D eigenvalue weighted by Gasteiger charge is -2.07. The summed E-state index contributed by atoms with van der Waals surface area (Å²) >= 11 is 0. The number of furan rings is 1. The molecule has 0 aliphatic heterocycles. The van der Waals surface area contributed by atoms with E-state index < -0.39 is 18.5 Å². The number of hydrogen-bond donors (Lipinski definition) is 1. The number of anilines is 1. The minimum absolute atomic E-state index is 0.0703. The lowest BCUT2D eigenvalue weighted by atomic mass is 10.1. The summed E-state index contributed by atoms with van der Waals surface area (Å²) in [5.74, 6) is -0.499. The van der Waals surface area contributed by atoms with Crippen molar-refractivity contribution in [3.63, 3.8) is 0 Å². The maximum Gasteiger partial charge on any atom is 0.338 e. The molecule has 0 bridgehead atoms. The number of rotatable bonds is 7. The number of amides is 1. The Kier molecular flexibility index (Phi) is 5.99. The molecule has 0 aliphatic carbocycles. The van der Waals surface area contributed by atoms with Crippen molar-refractivity contribution in [3.8, 4) is 11.3 Å². The van der Waals surface area contributed by atoms with E-state index in [1.54, 1.807) is 60.7 Å². The fraction of sp³-hybridized carbons (Fsp3) is 0.0909. The Labute approximate surface area is 166 Å². The van der Waals surface area contributed by atoms with Crippen LogP contribution in [0.2, 0.25) is 0 Å². The maximum absolute atomic E-state index is 12.1. The second-order valence-electron chi connectivity index (χ2n) is 6.16. The fourth-order valence-corrected chi connectivity index (χ4v) is 2.54. The van der Waals surface area contributed by atoms with Crippen LogP contribution in [-0.4, -0.2) is 30.6 Å². The van der Waals surface area contributed by atoms with Gasteiger partial charge in [0.25, 0.3) is 5.91 Å². The van der Waals surface area contributed by atoms with Gasteiger partial charge in [0.2, 0.25) is 0 Å².